The van der Waals surface area contributed by atoms with Gasteiger partial charge in [-0.2, -0.15) is 11.8 Å². The summed E-state index contributed by atoms with van der Waals surface area (Å²) in [7, 11) is 1.55. The fraction of sp³-hybridized carbons (Fsp3) is 0.429. The van der Waals surface area contributed by atoms with E-state index >= 15 is 0 Å². The second-order valence-electron chi connectivity index (χ2n) is 4.09. The number of benzene rings is 1. The summed E-state index contributed by atoms with van der Waals surface area (Å²) in [5.41, 5.74) is 0.605. The van der Waals surface area contributed by atoms with Crippen molar-refractivity contribution in [3.63, 3.8) is 0 Å². The van der Waals surface area contributed by atoms with E-state index < -0.39 is 0 Å². The third kappa shape index (κ3) is 4.77. The minimum Gasteiger partial charge on any atom is -0.495 e. The molecule has 1 N–H and O–H groups in total. The second-order valence-corrected chi connectivity index (χ2v) is 4.96. The second kappa shape index (κ2) is 8.47. The Labute approximate surface area is 123 Å². The Balaban J connectivity index is 2.64. The van der Waals surface area contributed by atoms with E-state index in [0.29, 0.717) is 23.7 Å². The van der Waals surface area contributed by atoms with E-state index in [9.17, 15) is 9.59 Å². The fourth-order valence-electron chi connectivity index (χ4n) is 1.70. The summed E-state index contributed by atoms with van der Waals surface area (Å²) in [5.74, 6) is 0.718. The van der Waals surface area contributed by atoms with E-state index in [0.717, 1.165) is 0 Å². The molecule has 0 radical (unpaired) electrons. The van der Waals surface area contributed by atoms with E-state index in [4.69, 9.17) is 4.74 Å². The van der Waals surface area contributed by atoms with Crippen LogP contribution >= 0.6 is 11.8 Å². The van der Waals surface area contributed by atoms with Crippen LogP contribution < -0.4 is 10.1 Å². The molecule has 0 saturated heterocycles. The highest BCUT2D eigenvalue weighted by atomic mass is 32.2. The number of para-hydroxylation sites is 2. The molecule has 0 bridgehead atoms. The summed E-state index contributed by atoms with van der Waals surface area (Å²) in [6, 6.07) is 7.17. The molecule has 20 heavy (non-hydrogen) atoms. The summed E-state index contributed by atoms with van der Waals surface area (Å²) in [5, 5.41) is 2.76. The Morgan fingerprint density at radius 1 is 1.35 bits per heavy atom. The van der Waals surface area contributed by atoms with Gasteiger partial charge in [-0.15, -0.1) is 0 Å². The number of methoxy groups -OCH3 is 1. The predicted molar refractivity (Wildman–Crippen MR) is 82.3 cm³/mol. The molecule has 0 aliphatic rings. The molecule has 1 rings (SSSR count). The molecule has 0 atom stereocenters. The number of anilines is 1. The largest absolute Gasteiger partial charge is 0.495 e. The van der Waals surface area contributed by atoms with Crippen LogP contribution in [0.25, 0.3) is 0 Å². The van der Waals surface area contributed by atoms with Crippen molar-refractivity contribution in [1.29, 1.82) is 0 Å². The van der Waals surface area contributed by atoms with Gasteiger partial charge in [0.1, 0.15) is 5.75 Å². The zero-order chi connectivity index (χ0) is 15.0. The SMILES string of the molecule is CCN(CC(=O)Nc1ccccc1OC)C(=O)CSC. The Bertz CT molecular complexity index is 465. The average Bonchev–Trinajstić information content (AvgIpc) is 2.45. The van der Waals surface area contributed by atoms with Gasteiger partial charge in [0.05, 0.1) is 25.1 Å². The molecule has 0 aromatic heterocycles. The Morgan fingerprint density at radius 2 is 2.05 bits per heavy atom. The minimum atomic E-state index is -0.231. The van der Waals surface area contributed by atoms with Gasteiger partial charge in [0, 0.05) is 6.54 Å². The maximum atomic E-state index is 12.0. The highest BCUT2D eigenvalue weighted by Gasteiger charge is 2.15. The number of carbonyl (C=O) groups excluding carboxylic acids is 2. The molecule has 2 amide bonds. The van der Waals surface area contributed by atoms with Gasteiger partial charge in [-0.25, -0.2) is 0 Å². The first-order valence-corrected chi connectivity index (χ1v) is 7.71. The number of nitrogens with one attached hydrogen (secondary N) is 1. The van der Waals surface area contributed by atoms with Crippen molar-refractivity contribution in [2.24, 2.45) is 0 Å². The van der Waals surface area contributed by atoms with Gasteiger partial charge in [0.25, 0.3) is 0 Å². The molecular formula is C14H20N2O3S. The third-order valence-corrected chi connectivity index (χ3v) is 3.25. The average molecular weight is 296 g/mol. The van der Waals surface area contributed by atoms with Gasteiger partial charge >= 0.3 is 0 Å². The van der Waals surface area contributed by atoms with Crippen molar-refractivity contribution in [2.45, 2.75) is 6.92 Å². The monoisotopic (exact) mass is 296 g/mol. The lowest BCUT2D eigenvalue weighted by molar-refractivity contribution is -0.132. The molecule has 0 saturated carbocycles. The van der Waals surface area contributed by atoms with E-state index in [2.05, 4.69) is 5.32 Å². The smallest absolute Gasteiger partial charge is 0.244 e. The van der Waals surface area contributed by atoms with Crippen LogP contribution in [0, 0.1) is 0 Å². The lowest BCUT2D eigenvalue weighted by Gasteiger charge is -2.20. The molecule has 0 aliphatic carbocycles. The summed E-state index contributed by atoms with van der Waals surface area (Å²) in [6.45, 7) is 2.42. The Kier molecular flexibility index (Phi) is 6.93. The Hall–Kier alpha value is -1.69. The topological polar surface area (TPSA) is 58.6 Å². The number of carbonyl (C=O) groups is 2. The van der Waals surface area contributed by atoms with Crippen molar-refractivity contribution in [3.8, 4) is 5.75 Å². The number of rotatable bonds is 7. The van der Waals surface area contributed by atoms with Gasteiger partial charge < -0.3 is 15.0 Å². The van der Waals surface area contributed by atoms with Crippen LogP contribution in [-0.4, -0.2) is 48.9 Å². The maximum absolute atomic E-state index is 12.0. The molecule has 1 aromatic carbocycles. The van der Waals surface area contributed by atoms with Crippen LogP contribution in [0.4, 0.5) is 5.69 Å². The normalized spacial score (nSPS) is 9.95. The van der Waals surface area contributed by atoms with Crippen LogP contribution in [0.2, 0.25) is 0 Å². The van der Waals surface area contributed by atoms with Crippen molar-refractivity contribution in [2.75, 3.05) is 37.5 Å². The molecule has 5 nitrogen and oxygen atoms in total. The first kappa shape index (κ1) is 16.4. The van der Waals surface area contributed by atoms with E-state index in [-0.39, 0.29) is 18.4 Å². The van der Waals surface area contributed by atoms with Gasteiger partial charge in [-0.05, 0) is 25.3 Å². The van der Waals surface area contributed by atoms with Crippen LogP contribution in [0.3, 0.4) is 0 Å². The molecule has 6 heteroatoms. The predicted octanol–water partition coefficient (Wildman–Crippen LogP) is 1.85. The molecule has 0 heterocycles. The lowest BCUT2D eigenvalue weighted by Crippen LogP contribution is -2.38. The van der Waals surface area contributed by atoms with Crippen molar-refractivity contribution in [3.05, 3.63) is 24.3 Å². The van der Waals surface area contributed by atoms with Crippen LogP contribution in [-0.2, 0) is 9.59 Å². The highest BCUT2D eigenvalue weighted by Crippen LogP contribution is 2.22. The minimum absolute atomic E-state index is 0.0322. The van der Waals surface area contributed by atoms with Gasteiger partial charge in [0.2, 0.25) is 11.8 Å². The van der Waals surface area contributed by atoms with Gasteiger partial charge in [-0.3, -0.25) is 9.59 Å². The fourth-order valence-corrected chi connectivity index (χ4v) is 2.13. The van der Waals surface area contributed by atoms with Gasteiger partial charge in [-0.1, -0.05) is 12.1 Å². The van der Waals surface area contributed by atoms with Crippen LogP contribution in [0.15, 0.2) is 24.3 Å². The molecule has 0 fully saturated rings. The lowest BCUT2D eigenvalue weighted by atomic mass is 10.3. The quantitative estimate of drug-likeness (QED) is 0.834. The zero-order valence-corrected chi connectivity index (χ0v) is 12.8. The molecule has 1 aromatic rings. The summed E-state index contributed by atoms with van der Waals surface area (Å²) in [4.78, 5) is 25.3. The van der Waals surface area contributed by atoms with Crippen molar-refractivity contribution in [1.82, 2.24) is 4.90 Å². The number of hydrogen-bond donors (Lipinski definition) is 1. The molecule has 110 valence electrons. The zero-order valence-electron chi connectivity index (χ0n) is 12.0. The van der Waals surface area contributed by atoms with E-state index in [1.807, 2.05) is 25.3 Å². The van der Waals surface area contributed by atoms with E-state index in [1.54, 1.807) is 19.2 Å². The Morgan fingerprint density at radius 3 is 2.65 bits per heavy atom. The number of ether oxygens (including phenoxy) is 1. The summed E-state index contributed by atoms with van der Waals surface area (Å²) < 4.78 is 5.16. The summed E-state index contributed by atoms with van der Waals surface area (Å²) in [6.07, 6.45) is 1.86. The molecule has 0 unspecified atom stereocenters. The molecule has 0 aliphatic heterocycles. The van der Waals surface area contributed by atoms with E-state index in [1.165, 1.54) is 16.7 Å². The highest BCUT2D eigenvalue weighted by molar-refractivity contribution is 7.99. The third-order valence-electron chi connectivity index (χ3n) is 2.72. The number of thioether (sulfide) groups is 1. The van der Waals surface area contributed by atoms with Crippen LogP contribution in [0.5, 0.6) is 5.75 Å². The maximum Gasteiger partial charge on any atom is 0.244 e. The first-order chi connectivity index (χ1) is 9.62. The number of hydrogen-bond acceptors (Lipinski definition) is 4. The number of likely N-dealkylation sites (N-methyl/N-ethyl adjacent to an activating group) is 1. The number of amides is 2. The molecular weight excluding hydrogens is 276 g/mol. The first-order valence-electron chi connectivity index (χ1n) is 6.32. The van der Waals surface area contributed by atoms with Crippen LogP contribution in [0.1, 0.15) is 6.92 Å². The molecule has 0 spiro atoms. The number of nitrogens with zero attached hydrogens (tertiary/aromatic N) is 1. The summed E-state index contributed by atoms with van der Waals surface area (Å²) >= 11 is 1.45. The van der Waals surface area contributed by atoms with Crippen molar-refractivity contribution < 1.29 is 14.3 Å². The van der Waals surface area contributed by atoms with Gasteiger partial charge in [0.15, 0.2) is 0 Å². The van der Waals surface area contributed by atoms with Crippen molar-refractivity contribution >= 4 is 29.3 Å². The standard InChI is InChI=1S/C14H20N2O3S/c1-4-16(14(18)10-20-3)9-13(17)15-11-7-5-6-8-12(11)19-2/h5-8H,4,9-10H2,1-3H3,(H,15,17).